The summed E-state index contributed by atoms with van der Waals surface area (Å²) in [6, 6.07) is 0. The molecule has 26 heavy (non-hydrogen) atoms. The lowest BCUT2D eigenvalue weighted by molar-refractivity contribution is -0.183. The van der Waals surface area contributed by atoms with Crippen molar-refractivity contribution in [3.05, 3.63) is 17.0 Å². The van der Waals surface area contributed by atoms with E-state index in [1.807, 2.05) is 23.6 Å². The Balaban J connectivity index is 1.53. The Kier molecular flexibility index (Phi) is 5.72. The molecule has 0 saturated carbocycles. The van der Waals surface area contributed by atoms with E-state index in [9.17, 15) is 9.90 Å². The number of hydrogen-bond acceptors (Lipinski definition) is 4. The fourth-order valence-electron chi connectivity index (χ4n) is 4.57. The molecule has 3 rings (SSSR count). The molecule has 0 bridgehead atoms. The molecule has 1 aromatic rings. The number of ether oxygens (including phenoxy) is 1. The second kappa shape index (κ2) is 7.69. The van der Waals surface area contributed by atoms with Crippen LogP contribution in [0, 0.1) is 13.8 Å². The van der Waals surface area contributed by atoms with Gasteiger partial charge in [-0.15, -0.1) is 0 Å². The largest absolute Gasteiger partial charge is 0.393 e. The molecule has 146 valence electrons. The standard InChI is InChI=1S/C20H33N3O3/c1-5-17-12-16(24)13-20(26-17)8-10-23(11-9-20)19(25)7-6-18-14(2)21-22(4)15(18)3/h16-17,24H,5-13H2,1-4H3/t16-,17+/m1/s1. The van der Waals surface area contributed by atoms with Gasteiger partial charge in [0.25, 0.3) is 0 Å². The van der Waals surface area contributed by atoms with Crippen LogP contribution >= 0.6 is 0 Å². The predicted octanol–water partition coefficient (Wildman–Crippen LogP) is 2.28. The highest BCUT2D eigenvalue weighted by molar-refractivity contribution is 5.76. The number of aliphatic hydroxyl groups is 1. The number of aryl methyl sites for hydroxylation is 2. The minimum atomic E-state index is -0.271. The molecule has 3 heterocycles. The maximum Gasteiger partial charge on any atom is 0.222 e. The monoisotopic (exact) mass is 363 g/mol. The zero-order valence-electron chi connectivity index (χ0n) is 16.6. The smallest absolute Gasteiger partial charge is 0.222 e. The van der Waals surface area contributed by atoms with Crippen molar-refractivity contribution in [1.82, 2.24) is 14.7 Å². The first-order chi connectivity index (χ1) is 12.3. The summed E-state index contributed by atoms with van der Waals surface area (Å²) in [5.41, 5.74) is 3.12. The van der Waals surface area contributed by atoms with Crippen LogP contribution in [0.5, 0.6) is 0 Å². The van der Waals surface area contributed by atoms with Crippen LogP contribution in [-0.4, -0.2) is 56.6 Å². The van der Waals surface area contributed by atoms with Gasteiger partial charge in [0, 0.05) is 38.7 Å². The minimum Gasteiger partial charge on any atom is -0.393 e. The third-order valence-electron chi connectivity index (χ3n) is 6.29. The van der Waals surface area contributed by atoms with Gasteiger partial charge < -0.3 is 14.7 Å². The number of rotatable bonds is 4. The van der Waals surface area contributed by atoms with Crippen LogP contribution in [-0.2, 0) is 23.0 Å². The predicted molar refractivity (Wildman–Crippen MR) is 100.0 cm³/mol. The molecule has 0 radical (unpaired) electrons. The van der Waals surface area contributed by atoms with Crippen LogP contribution in [0.3, 0.4) is 0 Å². The van der Waals surface area contributed by atoms with Gasteiger partial charge in [-0.3, -0.25) is 9.48 Å². The summed E-state index contributed by atoms with van der Waals surface area (Å²) >= 11 is 0. The summed E-state index contributed by atoms with van der Waals surface area (Å²) < 4.78 is 8.20. The van der Waals surface area contributed by atoms with Crippen molar-refractivity contribution < 1.29 is 14.6 Å². The van der Waals surface area contributed by atoms with Gasteiger partial charge in [0.05, 0.1) is 23.5 Å². The van der Waals surface area contributed by atoms with Gasteiger partial charge in [0.1, 0.15) is 0 Å². The number of aliphatic hydroxyl groups excluding tert-OH is 1. The molecule has 2 aliphatic rings. The van der Waals surface area contributed by atoms with Crippen molar-refractivity contribution >= 4 is 5.91 Å². The zero-order valence-corrected chi connectivity index (χ0v) is 16.6. The lowest BCUT2D eigenvalue weighted by atomic mass is 9.81. The Bertz CT molecular complexity index is 647. The van der Waals surface area contributed by atoms with Crippen LogP contribution in [0.2, 0.25) is 0 Å². The van der Waals surface area contributed by atoms with E-state index >= 15 is 0 Å². The fourth-order valence-corrected chi connectivity index (χ4v) is 4.57. The second-order valence-corrected chi connectivity index (χ2v) is 8.08. The molecule has 0 aliphatic carbocycles. The Morgan fingerprint density at radius 1 is 1.35 bits per heavy atom. The highest BCUT2D eigenvalue weighted by Gasteiger charge is 2.43. The van der Waals surface area contributed by atoms with Gasteiger partial charge in [-0.2, -0.15) is 5.10 Å². The lowest BCUT2D eigenvalue weighted by Gasteiger charge is -2.48. The number of piperidine rings is 1. The Morgan fingerprint density at radius 2 is 2.04 bits per heavy atom. The van der Waals surface area contributed by atoms with Crippen molar-refractivity contribution in [3.63, 3.8) is 0 Å². The quantitative estimate of drug-likeness (QED) is 0.891. The number of amides is 1. The van der Waals surface area contributed by atoms with E-state index < -0.39 is 0 Å². The van der Waals surface area contributed by atoms with Gasteiger partial charge in [-0.1, -0.05) is 6.92 Å². The van der Waals surface area contributed by atoms with Gasteiger partial charge in [-0.05, 0) is 51.5 Å². The average Bonchev–Trinajstić information content (AvgIpc) is 2.85. The molecule has 2 fully saturated rings. The van der Waals surface area contributed by atoms with Crippen LogP contribution in [0.15, 0.2) is 0 Å². The molecule has 2 atom stereocenters. The lowest BCUT2D eigenvalue weighted by Crippen LogP contribution is -2.53. The Hall–Kier alpha value is -1.40. The highest BCUT2D eigenvalue weighted by atomic mass is 16.5. The number of carbonyl (C=O) groups is 1. The molecule has 0 aromatic carbocycles. The molecule has 2 aliphatic heterocycles. The minimum absolute atomic E-state index is 0.150. The SMILES string of the molecule is CC[C@H]1C[C@@H](O)CC2(CCN(C(=O)CCc3c(C)nn(C)c3C)CC2)O1. The van der Waals surface area contributed by atoms with Gasteiger partial charge in [-0.25, -0.2) is 0 Å². The molecule has 1 spiro atoms. The molecular weight excluding hydrogens is 330 g/mol. The van der Waals surface area contributed by atoms with Crippen molar-refractivity contribution in [1.29, 1.82) is 0 Å². The van der Waals surface area contributed by atoms with Crippen LogP contribution in [0.25, 0.3) is 0 Å². The first-order valence-corrected chi connectivity index (χ1v) is 9.96. The van der Waals surface area contributed by atoms with E-state index in [0.29, 0.717) is 12.8 Å². The summed E-state index contributed by atoms with van der Waals surface area (Å²) in [4.78, 5) is 14.6. The van der Waals surface area contributed by atoms with E-state index in [-0.39, 0.29) is 23.7 Å². The molecule has 6 heteroatoms. The fraction of sp³-hybridized carbons (Fsp3) is 0.800. The molecule has 1 aromatic heterocycles. The number of nitrogens with zero attached hydrogens (tertiary/aromatic N) is 3. The molecule has 1 N–H and O–H groups in total. The zero-order chi connectivity index (χ0) is 18.9. The summed E-state index contributed by atoms with van der Waals surface area (Å²) in [6.45, 7) is 7.63. The molecular formula is C20H33N3O3. The van der Waals surface area contributed by atoms with E-state index in [1.54, 1.807) is 0 Å². The van der Waals surface area contributed by atoms with Gasteiger partial charge >= 0.3 is 0 Å². The third-order valence-corrected chi connectivity index (χ3v) is 6.29. The molecule has 6 nitrogen and oxygen atoms in total. The summed E-state index contributed by atoms with van der Waals surface area (Å²) in [6.07, 6.45) is 5.20. The van der Waals surface area contributed by atoms with E-state index in [0.717, 1.165) is 56.6 Å². The van der Waals surface area contributed by atoms with E-state index in [4.69, 9.17) is 4.74 Å². The first-order valence-electron chi connectivity index (χ1n) is 9.96. The van der Waals surface area contributed by atoms with Crippen molar-refractivity contribution in [2.45, 2.75) is 83.5 Å². The van der Waals surface area contributed by atoms with E-state index in [2.05, 4.69) is 18.9 Å². The van der Waals surface area contributed by atoms with Crippen LogP contribution in [0.4, 0.5) is 0 Å². The maximum atomic E-state index is 12.7. The van der Waals surface area contributed by atoms with Gasteiger partial charge in [0.2, 0.25) is 5.91 Å². The average molecular weight is 364 g/mol. The Morgan fingerprint density at radius 3 is 2.62 bits per heavy atom. The Labute approximate surface area is 156 Å². The van der Waals surface area contributed by atoms with Crippen LogP contribution in [0.1, 0.15) is 62.4 Å². The summed E-state index contributed by atoms with van der Waals surface area (Å²) in [5.74, 6) is 0.214. The molecule has 0 unspecified atom stereocenters. The molecule has 1 amide bonds. The molecule has 2 saturated heterocycles. The maximum absolute atomic E-state index is 12.7. The van der Waals surface area contributed by atoms with Crippen LogP contribution < -0.4 is 0 Å². The summed E-state index contributed by atoms with van der Waals surface area (Å²) in [7, 11) is 1.94. The number of aromatic nitrogens is 2. The summed E-state index contributed by atoms with van der Waals surface area (Å²) in [5, 5.41) is 14.6. The van der Waals surface area contributed by atoms with Gasteiger partial charge in [0.15, 0.2) is 0 Å². The number of carbonyl (C=O) groups excluding carboxylic acids is 1. The van der Waals surface area contributed by atoms with Crippen molar-refractivity contribution in [2.24, 2.45) is 7.05 Å². The number of hydrogen-bond donors (Lipinski definition) is 1. The number of likely N-dealkylation sites (tertiary alicyclic amines) is 1. The van der Waals surface area contributed by atoms with Crippen molar-refractivity contribution in [3.8, 4) is 0 Å². The second-order valence-electron chi connectivity index (χ2n) is 8.08. The van der Waals surface area contributed by atoms with E-state index in [1.165, 1.54) is 5.56 Å². The topological polar surface area (TPSA) is 67.6 Å². The van der Waals surface area contributed by atoms with Crippen molar-refractivity contribution in [2.75, 3.05) is 13.1 Å². The highest BCUT2D eigenvalue weighted by Crippen LogP contribution is 2.38. The normalized spacial score (nSPS) is 25.7. The first kappa shape index (κ1) is 19.4. The third kappa shape index (κ3) is 3.96.